The van der Waals surface area contributed by atoms with Gasteiger partial charge in [-0.05, 0) is 0 Å². The molecular formula is C4H7N2O4P. The highest BCUT2D eigenvalue weighted by molar-refractivity contribution is 7.51. The minimum atomic E-state index is -4.45. The molecule has 1 rings (SSSR count). The molecule has 4 N–H and O–H groups in total. The van der Waals surface area contributed by atoms with Gasteiger partial charge in [0.1, 0.15) is 0 Å². The summed E-state index contributed by atoms with van der Waals surface area (Å²) in [6.07, 6.45) is 2.38. The predicted molar refractivity (Wildman–Crippen MR) is 35.6 cm³/mol. The maximum atomic E-state index is 10.4. The second kappa shape index (κ2) is 2.75. The standard InChI is InChI=1S/C4H7N2O4P/c7-4(11(8,9)10)3-1-5-6-2-3/h1-2,4,7H,(H,5,6)(H2,8,9,10). The number of aromatic nitrogens is 2. The van der Waals surface area contributed by atoms with E-state index in [0.29, 0.717) is 0 Å². The third-order valence-corrected chi connectivity index (χ3v) is 2.07. The Labute approximate surface area is 62.0 Å². The Balaban J connectivity index is 2.87. The fourth-order valence-electron chi connectivity index (χ4n) is 0.596. The average molecular weight is 178 g/mol. The number of hydrogen-bond acceptors (Lipinski definition) is 3. The molecule has 0 bridgehead atoms. The largest absolute Gasteiger partial charge is 0.376 e. The second-order valence-electron chi connectivity index (χ2n) is 1.99. The van der Waals surface area contributed by atoms with Crippen molar-refractivity contribution in [3.05, 3.63) is 18.0 Å². The summed E-state index contributed by atoms with van der Waals surface area (Å²) in [6, 6.07) is 0. The van der Waals surface area contributed by atoms with Crippen molar-refractivity contribution in [1.82, 2.24) is 10.2 Å². The van der Waals surface area contributed by atoms with Crippen LogP contribution in [-0.2, 0) is 4.57 Å². The van der Waals surface area contributed by atoms with Gasteiger partial charge in [-0.2, -0.15) is 5.10 Å². The van der Waals surface area contributed by atoms with Crippen LogP contribution in [0.4, 0.5) is 0 Å². The number of aliphatic hydroxyl groups excluding tert-OH is 1. The summed E-state index contributed by atoms with van der Waals surface area (Å²) in [4.78, 5) is 17.0. The van der Waals surface area contributed by atoms with Crippen LogP contribution >= 0.6 is 7.60 Å². The maximum Gasteiger partial charge on any atom is 0.358 e. The predicted octanol–water partition coefficient (Wildman–Crippen LogP) is -0.422. The summed E-state index contributed by atoms with van der Waals surface area (Å²) < 4.78 is 10.4. The van der Waals surface area contributed by atoms with E-state index < -0.39 is 13.4 Å². The molecule has 0 radical (unpaired) electrons. The molecule has 62 valence electrons. The SMILES string of the molecule is O=P(O)(O)C(O)c1cn[nH]c1. The topological polar surface area (TPSA) is 106 Å². The summed E-state index contributed by atoms with van der Waals surface area (Å²) >= 11 is 0. The van der Waals surface area contributed by atoms with Crippen molar-refractivity contribution in [2.24, 2.45) is 0 Å². The van der Waals surface area contributed by atoms with Crippen molar-refractivity contribution in [1.29, 1.82) is 0 Å². The molecule has 0 aliphatic rings. The van der Waals surface area contributed by atoms with E-state index in [0.717, 1.165) is 6.20 Å². The molecule has 0 aliphatic heterocycles. The highest BCUT2D eigenvalue weighted by Crippen LogP contribution is 2.49. The summed E-state index contributed by atoms with van der Waals surface area (Å²) in [5.41, 5.74) is 0.0818. The van der Waals surface area contributed by atoms with Crippen molar-refractivity contribution in [3.8, 4) is 0 Å². The van der Waals surface area contributed by atoms with Gasteiger partial charge >= 0.3 is 7.60 Å². The number of aliphatic hydroxyl groups is 1. The molecule has 0 saturated heterocycles. The minimum Gasteiger partial charge on any atom is -0.376 e. The lowest BCUT2D eigenvalue weighted by Crippen LogP contribution is -1.95. The van der Waals surface area contributed by atoms with E-state index in [2.05, 4.69) is 10.2 Å². The molecule has 11 heavy (non-hydrogen) atoms. The van der Waals surface area contributed by atoms with Gasteiger partial charge in [0, 0.05) is 11.8 Å². The number of hydrogen-bond donors (Lipinski definition) is 4. The molecule has 0 aromatic carbocycles. The molecule has 0 aliphatic carbocycles. The van der Waals surface area contributed by atoms with Crippen molar-refractivity contribution < 1.29 is 19.5 Å². The van der Waals surface area contributed by atoms with E-state index >= 15 is 0 Å². The molecule has 1 heterocycles. The van der Waals surface area contributed by atoms with Gasteiger partial charge in [0.25, 0.3) is 0 Å². The highest BCUT2D eigenvalue weighted by Gasteiger charge is 2.28. The molecule has 1 unspecified atom stereocenters. The molecule has 0 saturated carbocycles. The quantitative estimate of drug-likeness (QED) is 0.460. The zero-order chi connectivity index (χ0) is 8.48. The molecule has 0 spiro atoms. The van der Waals surface area contributed by atoms with Crippen LogP contribution in [0.5, 0.6) is 0 Å². The number of rotatable bonds is 2. The van der Waals surface area contributed by atoms with Gasteiger partial charge in [-0.3, -0.25) is 9.66 Å². The van der Waals surface area contributed by atoms with Crippen molar-refractivity contribution in [2.45, 2.75) is 5.85 Å². The lowest BCUT2D eigenvalue weighted by molar-refractivity contribution is 0.205. The van der Waals surface area contributed by atoms with E-state index in [1.807, 2.05) is 0 Å². The zero-order valence-electron chi connectivity index (χ0n) is 5.38. The first-order valence-electron chi connectivity index (χ1n) is 2.74. The van der Waals surface area contributed by atoms with Crippen LogP contribution in [0, 0.1) is 0 Å². The first kappa shape index (κ1) is 8.42. The number of nitrogens with zero attached hydrogens (tertiary/aromatic N) is 1. The monoisotopic (exact) mass is 178 g/mol. The molecule has 1 aromatic rings. The van der Waals surface area contributed by atoms with Gasteiger partial charge in [-0.15, -0.1) is 0 Å². The summed E-state index contributed by atoms with van der Waals surface area (Å²) in [5.74, 6) is -1.78. The van der Waals surface area contributed by atoms with Crippen LogP contribution in [-0.4, -0.2) is 25.1 Å². The third-order valence-electron chi connectivity index (χ3n) is 1.14. The number of aromatic amines is 1. The Hall–Kier alpha value is -0.680. The van der Waals surface area contributed by atoms with Crippen LogP contribution in [0.1, 0.15) is 11.4 Å². The van der Waals surface area contributed by atoms with Gasteiger partial charge in [-0.1, -0.05) is 0 Å². The Morgan fingerprint density at radius 1 is 1.64 bits per heavy atom. The minimum absolute atomic E-state index is 0.0818. The number of nitrogens with one attached hydrogen (secondary N) is 1. The van der Waals surface area contributed by atoms with E-state index in [9.17, 15) is 4.57 Å². The second-order valence-corrected chi connectivity index (χ2v) is 3.66. The van der Waals surface area contributed by atoms with Gasteiger partial charge < -0.3 is 14.9 Å². The Morgan fingerprint density at radius 3 is 2.64 bits per heavy atom. The summed E-state index contributed by atoms with van der Waals surface area (Å²) in [5, 5.41) is 14.7. The summed E-state index contributed by atoms with van der Waals surface area (Å²) in [7, 11) is -4.45. The van der Waals surface area contributed by atoms with Crippen LogP contribution in [0.15, 0.2) is 12.4 Å². The average Bonchev–Trinajstić information content (AvgIpc) is 2.34. The molecular weight excluding hydrogens is 171 g/mol. The fraction of sp³-hybridized carbons (Fsp3) is 0.250. The Kier molecular flexibility index (Phi) is 2.10. The van der Waals surface area contributed by atoms with Gasteiger partial charge in [0.2, 0.25) is 0 Å². The lowest BCUT2D eigenvalue weighted by atomic mass is 10.4. The molecule has 1 atom stereocenters. The fourth-order valence-corrected chi connectivity index (χ4v) is 1.13. The van der Waals surface area contributed by atoms with Crippen molar-refractivity contribution >= 4 is 7.60 Å². The van der Waals surface area contributed by atoms with Crippen LogP contribution in [0.25, 0.3) is 0 Å². The molecule has 6 nitrogen and oxygen atoms in total. The van der Waals surface area contributed by atoms with E-state index in [1.165, 1.54) is 6.20 Å². The number of H-pyrrole nitrogens is 1. The summed E-state index contributed by atoms with van der Waals surface area (Å²) in [6.45, 7) is 0. The third kappa shape index (κ3) is 1.87. The highest BCUT2D eigenvalue weighted by atomic mass is 31.2. The Morgan fingerprint density at radius 2 is 2.27 bits per heavy atom. The van der Waals surface area contributed by atoms with Crippen molar-refractivity contribution in [2.75, 3.05) is 0 Å². The van der Waals surface area contributed by atoms with Crippen LogP contribution < -0.4 is 0 Å². The van der Waals surface area contributed by atoms with Gasteiger partial charge in [-0.25, -0.2) is 0 Å². The lowest BCUT2D eigenvalue weighted by Gasteiger charge is -2.08. The Bertz CT molecular complexity index is 266. The molecule has 1 aromatic heterocycles. The van der Waals surface area contributed by atoms with Crippen LogP contribution in [0.2, 0.25) is 0 Å². The van der Waals surface area contributed by atoms with E-state index in [1.54, 1.807) is 0 Å². The van der Waals surface area contributed by atoms with E-state index in [-0.39, 0.29) is 5.56 Å². The van der Waals surface area contributed by atoms with Crippen LogP contribution in [0.3, 0.4) is 0 Å². The van der Waals surface area contributed by atoms with Gasteiger partial charge in [0.05, 0.1) is 6.20 Å². The maximum absolute atomic E-state index is 10.4. The molecule has 0 fully saturated rings. The molecule has 0 amide bonds. The first-order valence-corrected chi connectivity index (χ1v) is 4.42. The smallest absolute Gasteiger partial charge is 0.358 e. The zero-order valence-corrected chi connectivity index (χ0v) is 6.27. The van der Waals surface area contributed by atoms with Crippen molar-refractivity contribution in [3.63, 3.8) is 0 Å². The van der Waals surface area contributed by atoms with E-state index in [4.69, 9.17) is 14.9 Å². The molecule has 7 heteroatoms. The van der Waals surface area contributed by atoms with Gasteiger partial charge in [0.15, 0.2) is 5.85 Å². The first-order chi connectivity index (χ1) is 5.02. The normalized spacial score (nSPS) is 14.8.